The number of aromatic nitrogens is 1. The Kier molecular flexibility index (Phi) is 5.00. The quantitative estimate of drug-likeness (QED) is 0.583. The summed E-state index contributed by atoms with van der Waals surface area (Å²) in [6.45, 7) is 4.01. The van der Waals surface area contributed by atoms with Crippen LogP contribution >= 0.6 is 0 Å². The highest BCUT2D eigenvalue weighted by Crippen LogP contribution is 2.11. The van der Waals surface area contributed by atoms with Gasteiger partial charge in [-0.25, -0.2) is 5.43 Å². The Hall–Kier alpha value is -3.27. The second-order valence-corrected chi connectivity index (χ2v) is 5.80. The number of rotatable bonds is 4. The SMILES string of the molecule is Cc1ccc(C(=O)N/N=C(/c2ccccc2)c2ccncc2)cc1C. The van der Waals surface area contributed by atoms with E-state index in [9.17, 15) is 4.79 Å². The van der Waals surface area contributed by atoms with Crippen molar-refractivity contribution >= 4 is 11.6 Å². The van der Waals surface area contributed by atoms with Crippen LogP contribution in [0.3, 0.4) is 0 Å². The van der Waals surface area contributed by atoms with Crippen LogP contribution in [0.25, 0.3) is 0 Å². The van der Waals surface area contributed by atoms with Crippen LogP contribution in [-0.2, 0) is 0 Å². The number of benzene rings is 2. The Morgan fingerprint density at radius 1 is 0.840 bits per heavy atom. The summed E-state index contributed by atoms with van der Waals surface area (Å²) in [6.07, 6.45) is 3.41. The maximum Gasteiger partial charge on any atom is 0.271 e. The minimum absolute atomic E-state index is 0.231. The van der Waals surface area contributed by atoms with E-state index in [0.717, 1.165) is 22.3 Å². The highest BCUT2D eigenvalue weighted by molar-refractivity contribution is 6.13. The van der Waals surface area contributed by atoms with Crippen LogP contribution in [0.5, 0.6) is 0 Å². The van der Waals surface area contributed by atoms with E-state index in [4.69, 9.17) is 0 Å². The highest BCUT2D eigenvalue weighted by Gasteiger charge is 2.10. The molecule has 1 aromatic heterocycles. The van der Waals surface area contributed by atoms with Gasteiger partial charge in [-0.3, -0.25) is 9.78 Å². The van der Waals surface area contributed by atoms with E-state index in [0.29, 0.717) is 11.3 Å². The third kappa shape index (κ3) is 3.98. The molecule has 1 N–H and O–H groups in total. The maximum atomic E-state index is 12.4. The van der Waals surface area contributed by atoms with Gasteiger partial charge in [0, 0.05) is 29.1 Å². The average Bonchev–Trinajstić information content (AvgIpc) is 2.66. The fourth-order valence-corrected chi connectivity index (χ4v) is 2.46. The van der Waals surface area contributed by atoms with Crippen molar-refractivity contribution in [3.63, 3.8) is 0 Å². The lowest BCUT2D eigenvalue weighted by Gasteiger charge is -2.08. The van der Waals surface area contributed by atoms with Crippen LogP contribution in [0.4, 0.5) is 0 Å². The van der Waals surface area contributed by atoms with Gasteiger partial charge in [0.1, 0.15) is 0 Å². The molecular formula is C21H19N3O. The zero-order chi connectivity index (χ0) is 17.6. The molecule has 0 radical (unpaired) electrons. The molecule has 1 amide bonds. The molecule has 4 heteroatoms. The summed E-state index contributed by atoms with van der Waals surface area (Å²) < 4.78 is 0. The van der Waals surface area contributed by atoms with Crippen molar-refractivity contribution < 1.29 is 4.79 Å². The topological polar surface area (TPSA) is 54.4 Å². The molecule has 4 nitrogen and oxygen atoms in total. The number of hydrogen-bond donors (Lipinski definition) is 1. The first-order valence-corrected chi connectivity index (χ1v) is 8.06. The summed E-state index contributed by atoms with van der Waals surface area (Å²) in [5, 5.41) is 4.38. The van der Waals surface area contributed by atoms with Gasteiger partial charge in [0.2, 0.25) is 0 Å². The minimum atomic E-state index is -0.231. The van der Waals surface area contributed by atoms with Crippen molar-refractivity contribution in [2.24, 2.45) is 5.10 Å². The molecule has 0 unspecified atom stereocenters. The minimum Gasteiger partial charge on any atom is -0.267 e. The Balaban J connectivity index is 1.91. The van der Waals surface area contributed by atoms with Crippen LogP contribution in [0, 0.1) is 13.8 Å². The Labute approximate surface area is 147 Å². The van der Waals surface area contributed by atoms with Gasteiger partial charge >= 0.3 is 0 Å². The monoisotopic (exact) mass is 329 g/mol. The van der Waals surface area contributed by atoms with Crippen molar-refractivity contribution in [1.82, 2.24) is 10.4 Å². The van der Waals surface area contributed by atoms with E-state index in [1.54, 1.807) is 12.4 Å². The molecule has 3 aromatic rings. The van der Waals surface area contributed by atoms with E-state index in [1.165, 1.54) is 0 Å². The maximum absolute atomic E-state index is 12.4. The van der Waals surface area contributed by atoms with Gasteiger partial charge in [0.25, 0.3) is 5.91 Å². The first-order valence-electron chi connectivity index (χ1n) is 8.06. The third-order valence-electron chi connectivity index (χ3n) is 4.04. The van der Waals surface area contributed by atoms with Gasteiger partial charge < -0.3 is 0 Å². The zero-order valence-electron chi connectivity index (χ0n) is 14.2. The number of hydrogen-bond acceptors (Lipinski definition) is 3. The van der Waals surface area contributed by atoms with Crippen molar-refractivity contribution in [2.45, 2.75) is 13.8 Å². The molecule has 25 heavy (non-hydrogen) atoms. The molecule has 3 rings (SSSR count). The summed E-state index contributed by atoms with van der Waals surface area (Å²) in [6, 6.07) is 19.1. The summed E-state index contributed by atoms with van der Waals surface area (Å²) in [4.78, 5) is 16.5. The largest absolute Gasteiger partial charge is 0.271 e. The number of carbonyl (C=O) groups is 1. The normalized spacial score (nSPS) is 11.2. The smallest absolute Gasteiger partial charge is 0.267 e. The molecule has 0 saturated carbocycles. The molecule has 0 fully saturated rings. The van der Waals surface area contributed by atoms with Gasteiger partial charge in [-0.1, -0.05) is 36.4 Å². The highest BCUT2D eigenvalue weighted by atomic mass is 16.2. The number of hydrazone groups is 1. The fourth-order valence-electron chi connectivity index (χ4n) is 2.46. The molecule has 2 aromatic carbocycles. The lowest BCUT2D eigenvalue weighted by molar-refractivity contribution is 0.0955. The molecule has 0 aliphatic rings. The predicted molar refractivity (Wildman–Crippen MR) is 99.7 cm³/mol. The van der Waals surface area contributed by atoms with Gasteiger partial charge in [0.15, 0.2) is 0 Å². The molecule has 0 spiro atoms. The van der Waals surface area contributed by atoms with Crippen molar-refractivity contribution in [1.29, 1.82) is 0 Å². The molecule has 0 bridgehead atoms. The van der Waals surface area contributed by atoms with E-state index >= 15 is 0 Å². The first kappa shape index (κ1) is 16.6. The Morgan fingerprint density at radius 3 is 2.20 bits per heavy atom. The summed E-state index contributed by atoms with van der Waals surface area (Å²) in [5.41, 5.74) is 8.01. The Morgan fingerprint density at radius 2 is 1.52 bits per heavy atom. The Bertz CT molecular complexity index is 861. The first-order chi connectivity index (χ1) is 12.1. The molecule has 0 atom stereocenters. The summed E-state index contributed by atoms with van der Waals surface area (Å²) in [7, 11) is 0. The molecular weight excluding hydrogens is 310 g/mol. The number of carbonyl (C=O) groups excluding carboxylic acids is 1. The number of pyridine rings is 1. The third-order valence-corrected chi connectivity index (χ3v) is 4.04. The number of nitrogens with zero attached hydrogens (tertiary/aromatic N) is 2. The van der Waals surface area contributed by atoms with Crippen LogP contribution in [0.1, 0.15) is 32.6 Å². The molecule has 0 saturated heterocycles. The van der Waals surface area contributed by atoms with Crippen LogP contribution in [-0.4, -0.2) is 16.6 Å². The predicted octanol–water partition coefficient (Wildman–Crippen LogP) is 3.88. The number of aryl methyl sites for hydroxylation is 2. The lowest BCUT2D eigenvalue weighted by atomic mass is 10.0. The van der Waals surface area contributed by atoms with Gasteiger partial charge in [-0.2, -0.15) is 5.10 Å². The molecule has 1 heterocycles. The van der Waals surface area contributed by atoms with Crippen LogP contribution < -0.4 is 5.43 Å². The number of amides is 1. The van der Waals surface area contributed by atoms with Crippen LogP contribution in [0.2, 0.25) is 0 Å². The average molecular weight is 329 g/mol. The van der Waals surface area contributed by atoms with Crippen molar-refractivity contribution in [2.75, 3.05) is 0 Å². The zero-order valence-corrected chi connectivity index (χ0v) is 14.2. The summed E-state index contributed by atoms with van der Waals surface area (Å²) >= 11 is 0. The molecule has 124 valence electrons. The van der Waals surface area contributed by atoms with Crippen LogP contribution in [0.15, 0.2) is 78.2 Å². The van der Waals surface area contributed by atoms with E-state index in [-0.39, 0.29) is 5.91 Å². The van der Waals surface area contributed by atoms with Crippen molar-refractivity contribution in [3.8, 4) is 0 Å². The summed E-state index contributed by atoms with van der Waals surface area (Å²) in [5.74, 6) is -0.231. The fraction of sp³-hybridized carbons (Fsp3) is 0.0952. The molecule has 0 aliphatic carbocycles. The van der Waals surface area contributed by atoms with E-state index < -0.39 is 0 Å². The lowest BCUT2D eigenvalue weighted by Crippen LogP contribution is -2.20. The standard InChI is InChI=1S/C21H19N3O/c1-15-8-9-19(14-16(15)2)21(25)24-23-20(17-6-4-3-5-7-17)18-10-12-22-13-11-18/h3-14H,1-2H3,(H,24,25)/b23-20-. The van der Waals surface area contributed by atoms with Gasteiger partial charge in [-0.05, 0) is 49.2 Å². The molecule has 0 aliphatic heterocycles. The van der Waals surface area contributed by atoms with Gasteiger partial charge in [-0.15, -0.1) is 0 Å². The van der Waals surface area contributed by atoms with Crippen molar-refractivity contribution in [3.05, 3.63) is 101 Å². The second kappa shape index (κ2) is 7.53. The van der Waals surface area contributed by atoms with Gasteiger partial charge in [0.05, 0.1) is 5.71 Å². The van der Waals surface area contributed by atoms with E-state index in [2.05, 4.69) is 15.5 Å². The number of nitrogens with one attached hydrogen (secondary N) is 1. The second-order valence-electron chi connectivity index (χ2n) is 5.80. The van der Waals surface area contributed by atoms with E-state index in [1.807, 2.05) is 74.5 Å².